The van der Waals surface area contributed by atoms with E-state index in [4.69, 9.17) is 9.47 Å². The van der Waals surface area contributed by atoms with Crippen molar-refractivity contribution in [2.45, 2.75) is 0 Å². The number of rotatable bonds is 6. The van der Waals surface area contributed by atoms with E-state index >= 15 is 0 Å². The number of nitrogens with one attached hydrogen (secondary N) is 1. The molecule has 0 aliphatic rings. The number of anilines is 2. The monoisotopic (exact) mass is 370 g/mol. The number of ether oxygens (including phenoxy) is 2. The first-order chi connectivity index (χ1) is 13.8. The average Bonchev–Trinajstić information content (AvgIpc) is 2.76. The van der Waals surface area contributed by atoms with Crippen molar-refractivity contribution < 1.29 is 9.47 Å². The molecule has 138 valence electrons. The normalized spacial score (nSPS) is 10.3. The molecule has 28 heavy (non-hydrogen) atoms. The summed E-state index contributed by atoms with van der Waals surface area (Å²) in [5.74, 6) is 2.83. The first kappa shape index (κ1) is 17.5. The number of hydrogen-bond donors (Lipinski definition) is 1. The van der Waals surface area contributed by atoms with Crippen LogP contribution in [0.2, 0.25) is 0 Å². The standard InChI is InChI=1S/C22H18N4O2/c1-27-22-12-7-16(14-23-22)20-13-21(25-15-24-20)26-17-8-10-19(11-9-17)28-18-5-3-2-4-6-18/h2-15H,1H3,(H,24,25,26). The fraction of sp³-hybridized carbons (Fsp3) is 0.0455. The zero-order chi connectivity index (χ0) is 19.2. The van der Waals surface area contributed by atoms with Crippen LogP contribution in [-0.4, -0.2) is 22.1 Å². The van der Waals surface area contributed by atoms with Crippen molar-refractivity contribution >= 4 is 11.5 Å². The Morgan fingerprint density at radius 3 is 2.29 bits per heavy atom. The van der Waals surface area contributed by atoms with Crippen molar-refractivity contribution in [3.63, 3.8) is 0 Å². The van der Waals surface area contributed by atoms with Crippen molar-refractivity contribution in [3.05, 3.63) is 85.3 Å². The molecule has 0 saturated heterocycles. The van der Waals surface area contributed by atoms with Gasteiger partial charge in [-0.1, -0.05) is 18.2 Å². The summed E-state index contributed by atoms with van der Waals surface area (Å²) in [6.45, 7) is 0. The zero-order valence-corrected chi connectivity index (χ0v) is 15.2. The Morgan fingerprint density at radius 2 is 1.57 bits per heavy atom. The highest BCUT2D eigenvalue weighted by Crippen LogP contribution is 2.25. The van der Waals surface area contributed by atoms with Crippen LogP contribution in [0.5, 0.6) is 17.4 Å². The van der Waals surface area contributed by atoms with E-state index in [-0.39, 0.29) is 0 Å². The number of hydrogen-bond acceptors (Lipinski definition) is 6. The van der Waals surface area contributed by atoms with E-state index in [0.29, 0.717) is 11.7 Å². The molecule has 0 spiro atoms. The summed E-state index contributed by atoms with van der Waals surface area (Å²) in [6, 6.07) is 23.0. The summed E-state index contributed by atoms with van der Waals surface area (Å²) in [6.07, 6.45) is 3.25. The van der Waals surface area contributed by atoms with Gasteiger partial charge in [0.15, 0.2) is 0 Å². The lowest BCUT2D eigenvalue weighted by Gasteiger charge is -2.09. The third-order valence-corrected chi connectivity index (χ3v) is 4.01. The van der Waals surface area contributed by atoms with Crippen LogP contribution in [0.4, 0.5) is 11.5 Å². The minimum Gasteiger partial charge on any atom is -0.481 e. The first-order valence-corrected chi connectivity index (χ1v) is 8.72. The predicted molar refractivity (Wildman–Crippen MR) is 108 cm³/mol. The Hall–Kier alpha value is -3.93. The molecule has 0 bridgehead atoms. The fourth-order valence-corrected chi connectivity index (χ4v) is 2.61. The quantitative estimate of drug-likeness (QED) is 0.510. The largest absolute Gasteiger partial charge is 0.481 e. The Bertz CT molecular complexity index is 1040. The van der Waals surface area contributed by atoms with Gasteiger partial charge in [0.1, 0.15) is 23.6 Å². The highest BCUT2D eigenvalue weighted by Gasteiger charge is 2.04. The molecule has 1 N–H and O–H groups in total. The van der Waals surface area contributed by atoms with Crippen LogP contribution in [-0.2, 0) is 0 Å². The fourth-order valence-electron chi connectivity index (χ4n) is 2.61. The molecular weight excluding hydrogens is 352 g/mol. The zero-order valence-electron chi connectivity index (χ0n) is 15.2. The van der Waals surface area contributed by atoms with Gasteiger partial charge in [-0.15, -0.1) is 0 Å². The van der Waals surface area contributed by atoms with Gasteiger partial charge in [-0.25, -0.2) is 15.0 Å². The molecule has 4 aromatic rings. The van der Waals surface area contributed by atoms with E-state index < -0.39 is 0 Å². The highest BCUT2D eigenvalue weighted by molar-refractivity contribution is 5.65. The van der Waals surface area contributed by atoms with Crippen molar-refractivity contribution in [1.29, 1.82) is 0 Å². The summed E-state index contributed by atoms with van der Waals surface area (Å²) < 4.78 is 10.9. The predicted octanol–water partition coefficient (Wildman–Crippen LogP) is 5.08. The van der Waals surface area contributed by atoms with E-state index in [1.54, 1.807) is 19.4 Å². The van der Waals surface area contributed by atoms with Gasteiger partial charge in [0.2, 0.25) is 5.88 Å². The summed E-state index contributed by atoms with van der Waals surface area (Å²) in [7, 11) is 1.59. The van der Waals surface area contributed by atoms with Crippen LogP contribution in [0.15, 0.2) is 85.3 Å². The first-order valence-electron chi connectivity index (χ1n) is 8.72. The molecule has 0 radical (unpaired) electrons. The van der Waals surface area contributed by atoms with Crippen molar-refractivity contribution in [3.8, 4) is 28.6 Å². The Labute approximate surface area is 162 Å². The number of nitrogens with zero attached hydrogens (tertiary/aromatic N) is 3. The van der Waals surface area contributed by atoms with E-state index in [9.17, 15) is 0 Å². The second-order valence-corrected chi connectivity index (χ2v) is 5.94. The molecule has 0 atom stereocenters. The average molecular weight is 370 g/mol. The van der Waals surface area contributed by atoms with Gasteiger partial charge in [0, 0.05) is 29.6 Å². The molecule has 0 saturated carbocycles. The Balaban J connectivity index is 1.46. The Morgan fingerprint density at radius 1 is 0.786 bits per heavy atom. The van der Waals surface area contributed by atoms with E-state index in [2.05, 4.69) is 20.3 Å². The van der Waals surface area contributed by atoms with Crippen molar-refractivity contribution in [2.75, 3.05) is 12.4 Å². The highest BCUT2D eigenvalue weighted by atomic mass is 16.5. The smallest absolute Gasteiger partial charge is 0.212 e. The summed E-state index contributed by atoms with van der Waals surface area (Å²) in [4.78, 5) is 12.8. The molecule has 6 heteroatoms. The second kappa shape index (κ2) is 8.18. The van der Waals surface area contributed by atoms with E-state index in [1.165, 1.54) is 6.33 Å². The number of pyridine rings is 1. The van der Waals surface area contributed by atoms with Gasteiger partial charge in [-0.3, -0.25) is 0 Å². The minimum absolute atomic E-state index is 0.564. The molecular formula is C22H18N4O2. The van der Waals surface area contributed by atoms with Crippen molar-refractivity contribution in [2.24, 2.45) is 0 Å². The molecule has 0 unspecified atom stereocenters. The molecule has 0 aliphatic carbocycles. The molecule has 2 heterocycles. The molecule has 6 nitrogen and oxygen atoms in total. The summed E-state index contributed by atoms with van der Waals surface area (Å²) in [5.41, 5.74) is 2.56. The maximum Gasteiger partial charge on any atom is 0.212 e. The number of aromatic nitrogens is 3. The van der Waals surface area contributed by atoms with E-state index in [0.717, 1.165) is 28.4 Å². The van der Waals surface area contributed by atoms with Gasteiger partial charge in [0.25, 0.3) is 0 Å². The third-order valence-electron chi connectivity index (χ3n) is 4.01. The van der Waals surface area contributed by atoms with Gasteiger partial charge < -0.3 is 14.8 Å². The second-order valence-electron chi connectivity index (χ2n) is 5.94. The van der Waals surface area contributed by atoms with Crippen LogP contribution < -0.4 is 14.8 Å². The van der Waals surface area contributed by atoms with Crippen molar-refractivity contribution in [1.82, 2.24) is 15.0 Å². The molecule has 0 amide bonds. The van der Waals surface area contributed by atoms with Gasteiger partial charge >= 0.3 is 0 Å². The molecule has 2 aromatic heterocycles. The van der Waals surface area contributed by atoms with Crippen LogP contribution in [0.25, 0.3) is 11.3 Å². The number of methoxy groups -OCH3 is 1. The topological polar surface area (TPSA) is 69.2 Å². The van der Waals surface area contributed by atoms with Gasteiger partial charge in [-0.2, -0.15) is 0 Å². The minimum atomic E-state index is 0.564. The lowest BCUT2D eigenvalue weighted by Crippen LogP contribution is -1.96. The maximum atomic E-state index is 5.81. The third kappa shape index (κ3) is 4.24. The number of para-hydroxylation sites is 1. The molecule has 4 rings (SSSR count). The van der Waals surface area contributed by atoms with E-state index in [1.807, 2.05) is 66.7 Å². The Kier molecular flexibility index (Phi) is 5.11. The summed E-state index contributed by atoms with van der Waals surface area (Å²) in [5, 5.41) is 3.28. The van der Waals surface area contributed by atoms with Gasteiger partial charge in [-0.05, 0) is 42.5 Å². The molecule has 0 fully saturated rings. The number of benzene rings is 2. The van der Waals surface area contributed by atoms with Crippen LogP contribution >= 0.6 is 0 Å². The molecule has 2 aromatic carbocycles. The SMILES string of the molecule is COc1ccc(-c2cc(Nc3ccc(Oc4ccccc4)cc3)ncn2)cn1. The van der Waals surface area contributed by atoms with Gasteiger partial charge in [0.05, 0.1) is 12.8 Å². The molecule has 0 aliphatic heterocycles. The van der Waals surface area contributed by atoms with Crippen LogP contribution in [0.1, 0.15) is 0 Å². The van der Waals surface area contributed by atoms with Crippen LogP contribution in [0, 0.1) is 0 Å². The van der Waals surface area contributed by atoms with Crippen LogP contribution in [0.3, 0.4) is 0 Å². The lowest BCUT2D eigenvalue weighted by molar-refractivity contribution is 0.398. The summed E-state index contributed by atoms with van der Waals surface area (Å²) >= 11 is 0. The maximum absolute atomic E-state index is 5.81. The lowest BCUT2D eigenvalue weighted by atomic mass is 10.2.